The Labute approximate surface area is 91.6 Å². The Kier molecular flexibility index (Phi) is 2.82. The second-order valence-corrected chi connectivity index (χ2v) is 3.46. The van der Waals surface area contributed by atoms with Gasteiger partial charge in [0.1, 0.15) is 5.82 Å². The molecular formula is C10H12N4O2. The summed E-state index contributed by atoms with van der Waals surface area (Å²) in [5.74, 6) is 1.02. The molecule has 0 unspecified atom stereocenters. The van der Waals surface area contributed by atoms with Crippen molar-refractivity contribution in [1.29, 1.82) is 0 Å². The average Bonchev–Trinajstić information content (AvgIpc) is 2.65. The first kappa shape index (κ1) is 10.6. The number of nitrogens with zero attached hydrogens (tertiary/aromatic N) is 3. The van der Waals surface area contributed by atoms with Gasteiger partial charge in [-0.05, 0) is 18.9 Å². The van der Waals surface area contributed by atoms with Crippen molar-refractivity contribution in [3.63, 3.8) is 0 Å². The number of hydrogen-bond donors (Lipinski definition) is 2. The molecule has 2 aromatic rings. The monoisotopic (exact) mass is 220 g/mol. The van der Waals surface area contributed by atoms with E-state index in [9.17, 15) is 4.79 Å². The van der Waals surface area contributed by atoms with Crippen LogP contribution in [0, 0.1) is 6.92 Å². The molecule has 0 aromatic carbocycles. The lowest BCUT2D eigenvalue weighted by molar-refractivity contribution is 0.299. The van der Waals surface area contributed by atoms with E-state index in [0.717, 1.165) is 5.56 Å². The maximum Gasteiger partial charge on any atom is 0.253 e. The Morgan fingerprint density at radius 2 is 2.38 bits per heavy atom. The molecule has 0 amide bonds. The predicted octanol–water partition coefficient (Wildman–Crippen LogP) is -0.201. The van der Waals surface area contributed by atoms with Crippen LogP contribution in [0.2, 0.25) is 0 Å². The normalized spacial score (nSPS) is 10.6. The molecule has 0 aliphatic heterocycles. The van der Waals surface area contributed by atoms with E-state index >= 15 is 0 Å². The van der Waals surface area contributed by atoms with E-state index in [1.165, 1.54) is 10.7 Å². The fraction of sp³-hybridized carbons (Fsp3) is 0.300. The highest BCUT2D eigenvalue weighted by molar-refractivity contribution is 5.21. The van der Waals surface area contributed by atoms with Crippen LogP contribution in [-0.4, -0.2) is 31.5 Å². The highest BCUT2D eigenvalue weighted by Gasteiger charge is 2.03. The average molecular weight is 220 g/mol. The molecule has 0 saturated carbocycles. The number of aliphatic hydroxyl groups is 1. The Balaban J connectivity index is 2.38. The van der Waals surface area contributed by atoms with Crippen LogP contribution in [-0.2, 0) is 6.42 Å². The molecule has 0 saturated heterocycles. The van der Waals surface area contributed by atoms with Crippen molar-refractivity contribution < 1.29 is 5.11 Å². The van der Waals surface area contributed by atoms with E-state index in [2.05, 4.69) is 15.1 Å². The van der Waals surface area contributed by atoms with Gasteiger partial charge in [-0.25, -0.2) is 9.67 Å². The Bertz CT molecular complexity index is 544. The van der Waals surface area contributed by atoms with Gasteiger partial charge >= 0.3 is 0 Å². The smallest absolute Gasteiger partial charge is 0.253 e. The summed E-state index contributed by atoms with van der Waals surface area (Å²) < 4.78 is 1.52. The highest BCUT2D eigenvalue weighted by atomic mass is 16.3. The molecule has 2 rings (SSSR count). The number of aliphatic hydroxyl groups excluding tert-OH is 1. The summed E-state index contributed by atoms with van der Waals surface area (Å²) in [6.45, 7) is 1.79. The summed E-state index contributed by atoms with van der Waals surface area (Å²) in [6, 6.07) is 1.38. The summed E-state index contributed by atoms with van der Waals surface area (Å²) in [5.41, 5.74) is 0.698. The lowest BCUT2D eigenvalue weighted by Gasteiger charge is -2.00. The Morgan fingerprint density at radius 1 is 1.56 bits per heavy atom. The van der Waals surface area contributed by atoms with Crippen LogP contribution in [0.1, 0.15) is 11.4 Å². The lowest BCUT2D eigenvalue weighted by Crippen LogP contribution is -2.12. The molecule has 0 fully saturated rings. The van der Waals surface area contributed by atoms with Crippen molar-refractivity contribution in [3.05, 3.63) is 40.2 Å². The zero-order valence-electron chi connectivity index (χ0n) is 8.84. The number of aromatic nitrogens is 4. The molecule has 6 nitrogen and oxygen atoms in total. The van der Waals surface area contributed by atoms with E-state index in [4.69, 9.17) is 5.11 Å². The number of H-pyrrole nitrogens is 1. The van der Waals surface area contributed by atoms with Crippen LogP contribution in [0.5, 0.6) is 0 Å². The Morgan fingerprint density at radius 3 is 3.06 bits per heavy atom. The quantitative estimate of drug-likeness (QED) is 0.750. The molecule has 0 bridgehead atoms. The van der Waals surface area contributed by atoms with Gasteiger partial charge < -0.3 is 10.1 Å². The zero-order valence-corrected chi connectivity index (χ0v) is 8.84. The SMILES string of the molecule is Cc1nc(-n2cc(CCO)cn2)cc(=O)[nH]1. The fourth-order valence-corrected chi connectivity index (χ4v) is 1.42. The molecule has 84 valence electrons. The van der Waals surface area contributed by atoms with E-state index in [0.29, 0.717) is 18.1 Å². The molecule has 2 heterocycles. The van der Waals surface area contributed by atoms with Crippen LogP contribution in [0.3, 0.4) is 0 Å². The number of aryl methyl sites for hydroxylation is 1. The van der Waals surface area contributed by atoms with E-state index in [1.807, 2.05) is 0 Å². The number of aromatic amines is 1. The van der Waals surface area contributed by atoms with Crippen molar-refractivity contribution >= 4 is 0 Å². The van der Waals surface area contributed by atoms with Crippen LogP contribution in [0.25, 0.3) is 5.82 Å². The maximum absolute atomic E-state index is 11.2. The third-order valence-electron chi connectivity index (χ3n) is 2.12. The summed E-state index contributed by atoms with van der Waals surface area (Å²) in [6.07, 6.45) is 3.94. The zero-order chi connectivity index (χ0) is 11.5. The lowest BCUT2D eigenvalue weighted by atomic mass is 10.3. The van der Waals surface area contributed by atoms with Gasteiger partial charge in [0.2, 0.25) is 0 Å². The molecule has 6 heteroatoms. The molecule has 0 radical (unpaired) electrons. The molecule has 0 aliphatic carbocycles. The van der Waals surface area contributed by atoms with Crippen molar-refractivity contribution in [2.24, 2.45) is 0 Å². The third-order valence-corrected chi connectivity index (χ3v) is 2.12. The predicted molar refractivity (Wildman–Crippen MR) is 57.5 cm³/mol. The van der Waals surface area contributed by atoms with Gasteiger partial charge in [-0.15, -0.1) is 0 Å². The van der Waals surface area contributed by atoms with Crippen molar-refractivity contribution in [2.75, 3.05) is 6.61 Å². The van der Waals surface area contributed by atoms with Crippen molar-refractivity contribution in [2.45, 2.75) is 13.3 Å². The van der Waals surface area contributed by atoms with Gasteiger partial charge in [-0.2, -0.15) is 5.10 Å². The summed E-state index contributed by atoms with van der Waals surface area (Å²) >= 11 is 0. The third kappa shape index (κ3) is 2.17. The fourth-order valence-electron chi connectivity index (χ4n) is 1.42. The van der Waals surface area contributed by atoms with E-state index in [-0.39, 0.29) is 12.2 Å². The molecule has 0 atom stereocenters. The second-order valence-electron chi connectivity index (χ2n) is 3.46. The molecular weight excluding hydrogens is 208 g/mol. The minimum atomic E-state index is -0.207. The van der Waals surface area contributed by atoms with Crippen LogP contribution < -0.4 is 5.56 Å². The van der Waals surface area contributed by atoms with Gasteiger partial charge in [0.25, 0.3) is 5.56 Å². The molecule has 0 aliphatic rings. The molecule has 0 spiro atoms. The first-order chi connectivity index (χ1) is 7.69. The second kappa shape index (κ2) is 4.28. The van der Waals surface area contributed by atoms with Crippen molar-refractivity contribution in [1.82, 2.24) is 19.7 Å². The first-order valence-electron chi connectivity index (χ1n) is 4.92. The van der Waals surface area contributed by atoms with E-state index < -0.39 is 0 Å². The van der Waals surface area contributed by atoms with Crippen LogP contribution in [0.15, 0.2) is 23.3 Å². The molecule has 2 aromatic heterocycles. The highest BCUT2D eigenvalue weighted by Crippen LogP contribution is 2.04. The van der Waals surface area contributed by atoms with Gasteiger partial charge in [0.05, 0.1) is 6.20 Å². The van der Waals surface area contributed by atoms with Crippen LogP contribution >= 0.6 is 0 Å². The number of rotatable bonds is 3. The first-order valence-corrected chi connectivity index (χ1v) is 4.92. The minimum absolute atomic E-state index is 0.0769. The Hall–Kier alpha value is -1.95. The number of nitrogens with one attached hydrogen (secondary N) is 1. The van der Waals surface area contributed by atoms with Gasteiger partial charge in [-0.3, -0.25) is 4.79 Å². The van der Waals surface area contributed by atoms with Gasteiger partial charge in [0, 0.05) is 18.9 Å². The summed E-state index contributed by atoms with van der Waals surface area (Å²) in [7, 11) is 0. The molecule has 16 heavy (non-hydrogen) atoms. The van der Waals surface area contributed by atoms with Gasteiger partial charge in [-0.1, -0.05) is 0 Å². The van der Waals surface area contributed by atoms with Crippen LogP contribution in [0.4, 0.5) is 0 Å². The maximum atomic E-state index is 11.2. The van der Waals surface area contributed by atoms with E-state index in [1.54, 1.807) is 19.3 Å². The summed E-state index contributed by atoms with van der Waals surface area (Å²) in [4.78, 5) is 18.0. The largest absolute Gasteiger partial charge is 0.396 e. The topological polar surface area (TPSA) is 83.8 Å². The van der Waals surface area contributed by atoms with Gasteiger partial charge in [0.15, 0.2) is 5.82 Å². The number of hydrogen-bond acceptors (Lipinski definition) is 4. The molecule has 2 N–H and O–H groups in total. The minimum Gasteiger partial charge on any atom is -0.396 e. The van der Waals surface area contributed by atoms with Crippen molar-refractivity contribution in [3.8, 4) is 5.82 Å². The standard InChI is InChI=1S/C10H12N4O2/c1-7-12-9(4-10(16)13-7)14-6-8(2-3-15)5-11-14/h4-6,15H,2-3H2,1H3,(H,12,13,16). The summed E-state index contributed by atoms with van der Waals surface area (Å²) in [5, 5.41) is 12.9.